The second kappa shape index (κ2) is 5.11. The lowest BCUT2D eigenvalue weighted by Gasteiger charge is -2.11. The van der Waals surface area contributed by atoms with E-state index in [0.717, 1.165) is 12.1 Å². The molecule has 1 aromatic rings. The van der Waals surface area contributed by atoms with Crippen molar-refractivity contribution in [1.29, 1.82) is 0 Å². The molecule has 2 N–H and O–H groups in total. The minimum Gasteiger partial charge on any atom is -0.423 e. The van der Waals surface area contributed by atoms with Gasteiger partial charge < -0.3 is 10.0 Å². The zero-order chi connectivity index (χ0) is 14.0. The zero-order valence-corrected chi connectivity index (χ0v) is 9.73. The number of rotatable bonds is 4. The first-order chi connectivity index (χ1) is 8.25. The minimum atomic E-state index is -1.91. The molecule has 0 aliphatic carbocycles. The molecule has 0 bridgehead atoms. The molecule has 0 unspecified atom stereocenters. The summed E-state index contributed by atoms with van der Waals surface area (Å²) in [5, 5.41) is 39.8. The van der Waals surface area contributed by atoms with Crippen LogP contribution in [-0.4, -0.2) is 27.0 Å². The van der Waals surface area contributed by atoms with Crippen LogP contribution in [0.3, 0.4) is 0 Å². The Morgan fingerprint density at radius 1 is 1.11 bits per heavy atom. The summed E-state index contributed by atoms with van der Waals surface area (Å²) in [7, 11) is -1.91. The molecule has 0 aliphatic heterocycles. The summed E-state index contributed by atoms with van der Waals surface area (Å²) in [6.45, 7) is 3.38. The fourth-order valence-corrected chi connectivity index (χ4v) is 1.63. The molecule has 0 amide bonds. The van der Waals surface area contributed by atoms with Crippen LogP contribution in [0.5, 0.6) is 0 Å². The molecule has 18 heavy (non-hydrogen) atoms. The van der Waals surface area contributed by atoms with Crippen molar-refractivity contribution in [2.75, 3.05) is 0 Å². The quantitative estimate of drug-likeness (QED) is 0.452. The average Bonchev–Trinajstić information content (AvgIpc) is 2.26. The Balaban J connectivity index is 3.60. The molecule has 1 aromatic carbocycles. The minimum absolute atomic E-state index is 0.0951. The van der Waals surface area contributed by atoms with Crippen molar-refractivity contribution in [1.82, 2.24) is 0 Å². The molecule has 1 rings (SSSR count). The van der Waals surface area contributed by atoms with Crippen LogP contribution >= 0.6 is 0 Å². The molecular formula is C9H11BN2O6. The molecule has 0 spiro atoms. The van der Waals surface area contributed by atoms with Crippen molar-refractivity contribution in [3.63, 3.8) is 0 Å². The number of nitrogens with zero attached hydrogens (tertiary/aromatic N) is 2. The summed E-state index contributed by atoms with van der Waals surface area (Å²) in [5.74, 6) is -0.235. The maximum Gasteiger partial charge on any atom is 0.488 e. The van der Waals surface area contributed by atoms with E-state index in [1.165, 1.54) is 0 Å². The molecule has 0 fully saturated rings. The van der Waals surface area contributed by atoms with Gasteiger partial charge in [-0.3, -0.25) is 20.2 Å². The van der Waals surface area contributed by atoms with Crippen LogP contribution in [-0.2, 0) is 0 Å². The number of hydrogen-bond acceptors (Lipinski definition) is 6. The van der Waals surface area contributed by atoms with Gasteiger partial charge >= 0.3 is 18.5 Å². The molecule has 9 heteroatoms. The van der Waals surface area contributed by atoms with E-state index in [0.29, 0.717) is 5.56 Å². The van der Waals surface area contributed by atoms with E-state index in [2.05, 4.69) is 0 Å². The molecular weight excluding hydrogens is 243 g/mol. The first kappa shape index (κ1) is 14.1. The van der Waals surface area contributed by atoms with Gasteiger partial charge in [0.15, 0.2) is 0 Å². The van der Waals surface area contributed by atoms with Gasteiger partial charge in [0, 0.05) is 12.1 Å². The predicted molar refractivity (Wildman–Crippen MR) is 63.7 cm³/mol. The average molecular weight is 254 g/mol. The van der Waals surface area contributed by atoms with Crippen molar-refractivity contribution < 1.29 is 19.9 Å². The fraction of sp³-hybridized carbons (Fsp3) is 0.333. The van der Waals surface area contributed by atoms with Gasteiger partial charge in [-0.05, 0) is 16.9 Å². The van der Waals surface area contributed by atoms with Gasteiger partial charge in [0.05, 0.1) is 9.85 Å². The molecule has 0 saturated carbocycles. The zero-order valence-electron chi connectivity index (χ0n) is 9.73. The number of nitro groups is 2. The van der Waals surface area contributed by atoms with E-state index in [4.69, 9.17) is 10.0 Å². The third kappa shape index (κ3) is 2.63. The number of nitro benzene ring substituents is 2. The SMILES string of the molecule is CC(C)c1cc([N+](=O)[O-])c([N+](=O)[O-])cc1B(O)O. The highest BCUT2D eigenvalue weighted by Crippen LogP contribution is 2.29. The van der Waals surface area contributed by atoms with Crippen molar-refractivity contribution in [3.05, 3.63) is 37.9 Å². The number of benzene rings is 1. The lowest BCUT2D eigenvalue weighted by molar-refractivity contribution is -0.422. The smallest absolute Gasteiger partial charge is 0.423 e. The van der Waals surface area contributed by atoms with Crippen LogP contribution in [0, 0.1) is 20.2 Å². The van der Waals surface area contributed by atoms with Crippen molar-refractivity contribution in [2.24, 2.45) is 0 Å². The Bertz CT molecular complexity index is 457. The molecule has 0 aromatic heterocycles. The highest BCUT2D eigenvalue weighted by atomic mass is 16.6. The standard InChI is InChI=1S/C9H11BN2O6/c1-5(2)6-3-8(11(15)16)9(12(17)18)4-7(6)10(13)14/h3-5,13-14H,1-2H3. The van der Waals surface area contributed by atoms with E-state index in [1.54, 1.807) is 13.8 Å². The molecule has 8 nitrogen and oxygen atoms in total. The van der Waals surface area contributed by atoms with E-state index in [1.807, 2.05) is 0 Å². The third-order valence-electron chi connectivity index (χ3n) is 2.47. The second-order valence-electron chi connectivity index (χ2n) is 4.01. The van der Waals surface area contributed by atoms with Crippen LogP contribution in [0.4, 0.5) is 11.4 Å². The maximum absolute atomic E-state index is 10.8. The Labute approximate surface area is 102 Å². The molecule has 0 atom stereocenters. The largest absolute Gasteiger partial charge is 0.488 e. The van der Waals surface area contributed by atoms with Gasteiger partial charge in [-0.1, -0.05) is 13.8 Å². The van der Waals surface area contributed by atoms with E-state index < -0.39 is 28.3 Å². The molecule has 0 radical (unpaired) electrons. The summed E-state index contributed by atoms with van der Waals surface area (Å²) in [6, 6.07) is 1.84. The van der Waals surface area contributed by atoms with Crippen LogP contribution in [0.15, 0.2) is 12.1 Å². The summed E-state index contributed by atoms with van der Waals surface area (Å²) in [5.41, 5.74) is -1.22. The van der Waals surface area contributed by atoms with E-state index in [-0.39, 0.29) is 11.4 Å². The Morgan fingerprint density at radius 3 is 1.89 bits per heavy atom. The Kier molecular flexibility index (Phi) is 3.99. The van der Waals surface area contributed by atoms with Crippen LogP contribution in [0.25, 0.3) is 0 Å². The van der Waals surface area contributed by atoms with Crippen LogP contribution < -0.4 is 5.46 Å². The van der Waals surface area contributed by atoms with Gasteiger partial charge in [-0.25, -0.2) is 0 Å². The van der Waals surface area contributed by atoms with E-state index in [9.17, 15) is 20.2 Å². The third-order valence-corrected chi connectivity index (χ3v) is 2.47. The topological polar surface area (TPSA) is 127 Å². The Morgan fingerprint density at radius 2 is 1.56 bits per heavy atom. The lowest BCUT2D eigenvalue weighted by atomic mass is 9.74. The highest BCUT2D eigenvalue weighted by molar-refractivity contribution is 6.59. The monoisotopic (exact) mass is 254 g/mol. The van der Waals surface area contributed by atoms with Crippen LogP contribution in [0.1, 0.15) is 25.3 Å². The van der Waals surface area contributed by atoms with Gasteiger partial charge in [-0.15, -0.1) is 0 Å². The van der Waals surface area contributed by atoms with Crippen LogP contribution in [0.2, 0.25) is 0 Å². The van der Waals surface area contributed by atoms with Gasteiger partial charge in [0.25, 0.3) is 0 Å². The van der Waals surface area contributed by atoms with Gasteiger partial charge in [0.2, 0.25) is 0 Å². The Hall–Kier alpha value is -2.00. The lowest BCUT2D eigenvalue weighted by Crippen LogP contribution is -2.34. The summed E-state index contributed by atoms with van der Waals surface area (Å²) >= 11 is 0. The van der Waals surface area contributed by atoms with Gasteiger partial charge in [-0.2, -0.15) is 0 Å². The number of hydrogen-bond donors (Lipinski definition) is 2. The second-order valence-corrected chi connectivity index (χ2v) is 4.01. The first-order valence-electron chi connectivity index (χ1n) is 5.08. The summed E-state index contributed by atoms with van der Waals surface area (Å²) in [4.78, 5) is 19.7. The molecule has 0 aliphatic rings. The normalized spacial score (nSPS) is 10.5. The fourth-order valence-electron chi connectivity index (χ4n) is 1.63. The van der Waals surface area contributed by atoms with Crippen molar-refractivity contribution in [2.45, 2.75) is 19.8 Å². The maximum atomic E-state index is 10.8. The first-order valence-corrected chi connectivity index (χ1v) is 5.08. The predicted octanol–water partition coefficient (Wildman–Crippen LogP) is 0.306. The molecule has 0 heterocycles. The molecule has 96 valence electrons. The summed E-state index contributed by atoms with van der Waals surface area (Å²) < 4.78 is 0. The van der Waals surface area contributed by atoms with Crippen molar-refractivity contribution >= 4 is 24.0 Å². The van der Waals surface area contributed by atoms with Crippen molar-refractivity contribution in [3.8, 4) is 0 Å². The molecule has 0 saturated heterocycles. The highest BCUT2D eigenvalue weighted by Gasteiger charge is 2.30. The van der Waals surface area contributed by atoms with Gasteiger partial charge in [0.1, 0.15) is 0 Å². The summed E-state index contributed by atoms with van der Waals surface area (Å²) in [6.07, 6.45) is 0. The van der Waals surface area contributed by atoms with E-state index >= 15 is 0 Å².